The topological polar surface area (TPSA) is 0 Å². The van der Waals surface area contributed by atoms with Crippen LogP contribution in [-0.4, -0.2) is 8.07 Å². The molecule has 0 spiro atoms. The van der Waals surface area contributed by atoms with Crippen LogP contribution in [0.25, 0.3) is 0 Å². The van der Waals surface area contributed by atoms with E-state index >= 15 is 0 Å². The molecule has 3 aromatic carbocycles. The minimum Gasteiger partial charge on any atom is -0.0750 e. The minimum atomic E-state index is -2.56. The first-order chi connectivity index (χ1) is 17.1. The zero-order valence-electron chi connectivity index (χ0n) is 23.5. The minimum absolute atomic E-state index is 0.492. The maximum absolute atomic E-state index is 2.56. The van der Waals surface area contributed by atoms with Crippen LogP contribution in [-0.2, 0) is 0 Å². The van der Waals surface area contributed by atoms with Crippen molar-refractivity contribution < 1.29 is 0 Å². The summed E-state index contributed by atoms with van der Waals surface area (Å²) in [5.74, 6) is 1.99. The van der Waals surface area contributed by atoms with E-state index in [4.69, 9.17) is 0 Å². The molecule has 0 saturated carbocycles. The Morgan fingerprint density at radius 2 is 0.861 bits per heavy atom. The molecule has 0 atom stereocenters. The van der Waals surface area contributed by atoms with Crippen molar-refractivity contribution in [3.05, 3.63) is 119 Å². The van der Waals surface area contributed by atoms with Crippen molar-refractivity contribution in [3.8, 4) is 0 Å². The molecule has 187 valence electrons. The van der Waals surface area contributed by atoms with Crippen LogP contribution in [0.2, 0.25) is 0 Å². The second kappa shape index (κ2) is 10.8. The predicted molar refractivity (Wildman–Crippen MR) is 162 cm³/mol. The molecule has 4 rings (SSSR count). The van der Waals surface area contributed by atoms with Crippen molar-refractivity contribution in [3.63, 3.8) is 0 Å². The van der Waals surface area contributed by atoms with Crippen molar-refractivity contribution in [2.24, 2.45) is 5.92 Å². The fourth-order valence-corrected chi connectivity index (χ4v) is 10.4. The summed E-state index contributed by atoms with van der Waals surface area (Å²) in [6.45, 7) is 18.4. The zero-order valence-corrected chi connectivity index (χ0v) is 24.5. The molecular weight excluding hydrogens is 448 g/mol. The van der Waals surface area contributed by atoms with Crippen molar-refractivity contribution in [1.82, 2.24) is 0 Å². The van der Waals surface area contributed by atoms with Gasteiger partial charge in [-0.25, -0.2) is 0 Å². The standard InChI is InChI=1S/C35H43Si/c1-24(2)28-12-9-15-32(20-28)36(35-19-18-31(23-35)27(7)8,33-16-10-13-29(21-33)25(3)4)34-17-11-14-30(22-34)26(5)6/h9-27H,1-8H3. The Kier molecular flexibility index (Phi) is 7.90. The summed E-state index contributed by atoms with van der Waals surface area (Å²) in [6.07, 6.45) is 7.32. The maximum Gasteiger partial charge on any atom is 0.162 e. The summed E-state index contributed by atoms with van der Waals surface area (Å²) < 4.78 is 0. The quantitative estimate of drug-likeness (QED) is 0.223. The van der Waals surface area contributed by atoms with Gasteiger partial charge in [0.15, 0.2) is 8.07 Å². The van der Waals surface area contributed by atoms with Gasteiger partial charge in [-0.2, -0.15) is 0 Å². The molecule has 3 aromatic rings. The van der Waals surface area contributed by atoms with E-state index in [1.807, 2.05) is 0 Å². The maximum atomic E-state index is 2.52. The highest BCUT2D eigenvalue weighted by atomic mass is 28.3. The van der Waals surface area contributed by atoms with Gasteiger partial charge < -0.3 is 0 Å². The average molecular weight is 492 g/mol. The van der Waals surface area contributed by atoms with Gasteiger partial charge in [-0.05, 0) is 61.5 Å². The summed E-state index contributed by atoms with van der Waals surface area (Å²) >= 11 is 0. The predicted octanol–water partition coefficient (Wildman–Crippen LogP) is 7.79. The average Bonchev–Trinajstić information content (AvgIpc) is 3.36. The van der Waals surface area contributed by atoms with Crippen LogP contribution in [0.5, 0.6) is 0 Å². The van der Waals surface area contributed by atoms with Crippen LogP contribution in [0.1, 0.15) is 89.8 Å². The molecule has 0 fully saturated rings. The van der Waals surface area contributed by atoms with E-state index in [0.29, 0.717) is 23.7 Å². The Balaban J connectivity index is 2.13. The van der Waals surface area contributed by atoms with Gasteiger partial charge >= 0.3 is 0 Å². The van der Waals surface area contributed by atoms with Crippen LogP contribution < -0.4 is 15.6 Å². The Bertz CT molecular complexity index is 1130. The van der Waals surface area contributed by atoms with Crippen molar-refractivity contribution in [2.45, 2.75) is 73.1 Å². The first-order valence-corrected chi connectivity index (χ1v) is 15.7. The van der Waals surface area contributed by atoms with Crippen molar-refractivity contribution in [1.29, 1.82) is 0 Å². The lowest BCUT2D eigenvalue weighted by Crippen LogP contribution is -2.70. The lowest BCUT2D eigenvalue weighted by Gasteiger charge is -2.38. The highest BCUT2D eigenvalue weighted by molar-refractivity contribution is 7.15. The Hall–Kier alpha value is -2.64. The van der Waals surface area contributed by atoms with E-state index in [1.165, 1.54) is 43.4 Å². The monoisotopic (exact) mass is 491 g/mol. The normalized spacial score (nSPS) is 14.5. The number of hydrogen-bond acceptors (Lipinski definition) is 0. The first-order valence-electron chi connectivity index (χ1n) is 13.7. The summed E-state index contributed by atoms with van der Waals surface area (Å²) in [7, 11) is -2.56. The third-order valence-electron chi connectivity index (χ3n) is 7.84. The summed E-state index contributed by atoms with van der Waals surface area (Å²) in [5, 5.41) is 4.45. The van der Waals surface area contributed by atoms with Crippen LogP contribution in [0, 0.1) is 11.5 Å². The molecule has 0 unspecified atom stereocenters. The van der Waals surface area contributed by atoms with Crippen molar-refractivity contribution in [2.75, 3.05) is 0 Å². The zero-order chi connectivity index (χ0) is 26.0. The Labute approximate surface area is 221 Å². The third-order valence-corrected chi connectivity index (χ3v) is 12.5. The number of rotatable bonds is 8. The van der Waals surface area contributed by atoms with E-state index in [-0.39, 0.29) is 0 Å². The van der Waals surface area contributed by atoms with Crippen LogP contribution in [0.3, 0.4) is 0 Å². The van der Waals surface area contributed by atoms with Gasteiger partial charge in [0, 0.05) is 5.54 Å². The molecule has 1 aliphatic rings. The highest BCUT2D eigenvalue weighted by Crippen LogP contribution is 2.33. The van der Waals surface area contributed by atoms with Gasteiger partial charge in [0.25, 0.3) is 0 Å². The molecule has 1 heteroatoms. The molecule has 0 bridgehead atoms. The molecule has 1 radical (unpaired) electrons. The van der Waals surface area contributed by atoms with Gasteiger partial charge in [0.2, 0.25) is 0 Å². The second-order valence-electron chi connectivity index (χ2n) is 11.7. The smallest absolute Gasteiger partial charge is 0.0750 e. The fraction of sp³-hybridized carbons (Fsp3) is 0.343. The highest BCUT2D eigenvalue weighted by Gasteiger charge is 2.46. The molecule has 0 nitrogen and oxygen atoms in total. The Morgan fingerprint density at radius 1 is 0.472 bits per heavy atom. The SMILES string of the molecule is CC(C)C1=C[C]([Si](c2cccc(C(C)C)c2)(c2cccc(C(C)C)c2)c2cccc(C(C)C)c2)C=C1. The number of hydrogen-bond donors (Lipinski definition) is 0. The third kappa shape index (κ3) is 4.96. The molecule has 0 aliphatic heterocycles. The fourth-order valence-electron chi connectivity index (χ4n) is 5.45. The van der Waals surface area contributed by atoms with E-state index in [0.717, 1.165) is 0 Å². The number of allylic oxidation sites excluding steroid dienone is 4. The van der Waals surface area contributed by atoms with Gasteiger partial charge in [-0.1, -0.05) is 146 Å². The van der Waals surface area contributed by atoms with Gasteiger partial charge in [0.1, 0.15) is 0 Å². The van der Waals surface area contributed by atoms with Gasteiger partial charge in [-0.3, -0.25) is 0 Å². The van der Waals surface area contributed by atoms with E-state index < -0.39 is 8.07 Å². The van der Waals surface area contributed by atoms with Crippen LogP contribution in [0.15, 0.2) is 96.6 Å². The molecule has 0 saturated heterocycles. The summed E-state index contributed by atoms with van der Waals surface area (Å²) in [4.78, 5) is 0. The van der Waals surface area contributed by atoms with E-state index in [9.17, 15) is 0 Å². The number of benzene rings is 3. The molecule has 0 heterocycles. The van der Waals surface area contributed by atoms with Gasteiger partial charge in [0.05, 0.1) is 0 Å². The molecular formula is C35H43Si. The lowest BCUT2D eigenvalue weighted by atomic mass is 10.0. The van der Waals surface area contributed by atoms with Crippen LogP contribution >= 0.6 is 0 Å². The largest absolute Gasteiger partial charge is 0.162 e. The molecule has 0 amide bonds. The second-order valence-corrected chi connectivity index (χ2v) is 15.5. The van der Waals surface area contributed by atoms with Crippen LogP contribution in [0.4, 0.5) is 0 Å². The lowest BCUT2D eigenvalue weighted by molar-refractivity contribution is 0.794. The van der Waals surface area contributed by atoms with Gasteiger partial charge in [-0.15, -0.1) is 0 Å². The van der Waals surface area contributed by atoms with E-state index in [1.54, 1.807) is 0 Å². The molecule has 0 aromatic heterocycles. The van der Waals surface area contributed by atoms with E-state index in [2.05, 4.69) is 146 Å². The molecule has 36 heavy (non-hydrogen) atoms. The Morgan fingerprint density at radius 3 is 1.17 bits per heavy atom. The molecule has 0 N–H and O–H groups in total. The summed E-state index contributed by atoms with van der Waals surface area (Å²) in [5.41, 5.74) is 7.18. The molecule has 1 aliphatic carbocycles. The summed E-state index contributed by atoms with van der Waals surface area (Å²) in [6, 6.07) is 28.5. The first kappa shape index (κ1) is 26.4. The van der Waals surface area contributed by atoms with Crippen molar-refractivity contribution >= 4 is 23.6 Å².